The third kappa shape index (κ3) is 2.94. The van der Waals surface area contributed by atoms with Crippen LogP contribution in [0.4, 0.5) is 5.69 Å². The van der Waals surface area contributed by atoms with Crippen LogP contribution >= 0.6 is 0 Å². The van der Waals surface area contributed by atoms with Crippen LogP contribution in [-0.2, 0) is 10.0 Å². The van der Waals surface area contributed by atoms with Crippen LogP contribution in [-0.4, -0.2) is 26.7 Å². The van der Waals surface area contributed by atoms with E-state index in [1.807, 2.05) is 6.07 Å². The number of rotatable bonds is 5. The smallest absolute Gasteiger partial charge is 0.264 e. The van der Waals surface area contributed by atoms with E-state index in [0.29, 0.717) is 5.69 Å². The molecule has 0 heterocycles. The summed E-state index contributed by atoms with van der Waals surface area (Å²) in [4.78, 5) is 0.215. The molecule has 0 radical (unpaired) electrons. The van der Waals surface area contributed by atoms with Crippen molar-refractivity contribution in [2.75, 3.05) is 17.5 Å². The Morgan fingerprint density at radius 2 is 1.42 bits per heavy atom. The first kappa shape index (κ1) is 13.6. The average Bonchev–Trinajstić information content (AvgIpc) is 2.46. The second-order valence-electron chi connectivity index (χ2n) is 3.95. The summed E-state index contributed by atoms with van der Waals surface area (Å²) in [6.45, 7) is -0.206. The molecular weight excluding hydrogens is 262 g/mol. The van der Waals surface area contributed by atoms with Crippen molar-refractivity contribution in [3.05, 3.63) is 60.7 Å². The second kappa shape index (κ2) is 5.86. The Kier molecular flexibility index (Phi) is 4.19. The van der Waals surface area contributed by atoms with Gasteiger partial charge in [-0.15, -0.1) is 0 Å². The topological polar surface area (TPSA) is 57.6 Å². The molecule has 0 aliphatic heterocycles. The standard InChI is InChI=1S/C14H15NO3S/c16-12-11-15(13-7-3-1-4-8-13)19(17,18)14-9-5-2-6-10-14/h1-10,16H,11-12H2. The lowest BCUT2D eigenvalue weighted by Gasteiger charge is -2.23. The lowest BCUT2D eigenvalue weighted by Crippen LogP contribution is -2.33. The summed E-state index contributed by atoms with van der Waals surface area (Å²) in [6, 6.07) is 17.0. The summed E-state index contributed by atoms with van der Waals surface area (Å²) in [5.74, 6) is 0. The molecule has 2 rings (SSSR count). The van der Waals surface area contributed by atoms with Gasteiger partial charge in [0, 0.05) is 0 Å². The van der Waals surface area contributed by atoms with Crippen LogP contribution < -0.4 is 4.31 Å². The highest BCUT2D eigenvalue weighted by atomic mass is 32.2. The molecule has 0 atom stereocenters. The van der Waals surface area contributed by atoms with Crippen molar-refractivity contribution in [1.82, 2.24) is 0 Å². The molecule has 0 bridgehead atoms. The predicted octanol–water partition coefficient (Wildman–Crippen LogP) is 1.87. The third-order valence-electron chi connectivity index (χ3n) is 2.68. The van der Waals surface area contributed by atoms with Gasteiger partial charge in [0.15, 0.2) is 0 Å². The van der Waals surface area contributed by atoms with Gasteiger partial charge >= 0.3 is 0 Å². The quantitative estimate of drug-likeness (QED) is 0.907. The zero-order chi connectivity index (χ0) is 13.7. The number of benzene rings is 2. The summed E-state index contributed by atoms with van der Waals surface area (Å²) in [6.07, 6.45) is 0. The monoisotopic (exact) mass is 277 g/mol. The molecule has 5 heteroatoms. The van der Waals surface area contributed by atoms with Crippen molar-refractivity contribution >= 4 is 15.7 Å². The summed E-state index contributed by atoms with van der Waals surface area (Å²) in [5, 5.41) is 9.10. The first-order chi connectivity index (χ1) is 9.16. The van der Waals surface area contributed by atoms with E-state index in [1.54, 1.807) is 54.6 Å². The Labute approximate surface area is 113 Å². The predicted molar refractivity (Wildman–Crippen MR) is 74.5 cm³/mol. The van der Waals surface area contributed by atoms with Crippen molar-refractivity contribution in [2.45, 2.75) is 4.90 Å². The van der Waals surface area contributed by atoms with E-state index < -0.39 is 10.0 Å². The van der Waals surface area contributed by atoms with Gasteiger partial charge in [-0.1, -0.05) is 36.4 Å². The Morgan fingerprint density at radius 3 is 1.95 bits per heavy atom. The van der Waals surface area contributed by atoms with Crippen molar-refractivity contribution < 1.29 is 13.5 Å². The molecule has 2 aromatic rings. The normalized spacial score (nSPS) is 11.2. The molecule has 0 spiro atoms. The SMILES string of the molecule is O=S(=O)(c1ccccc1)N(CCO)c1ccccc1. The zero-order valence-corrected chi connectivity index (χ0v) is 11.1. The van der Waals surface area contributed by atoms with Crippen molar-refractivity contribution in [2.24, 2.45) is 0 Å². The minimum atomic E-state index is -3.64. The van der Waals surface area contributed by atoms with Crippen LogP contribution in [0.1, 0.15) is 0 Å². The average molecular weight is 277 g/mol. The van der Waals surface area contributed by atoms with Gasteiger partial charge in [-0.25, -0.2) is 8.42 Å². The molecule has 4 nitrogen and oxygen atoms in total. The minimum Gasteiger partial charge on any atom is -0.394 e. The number of hydrogen-bond acceptors (Lipinski definition) is 3. The Hall–Kier alpha value is -1.85. The van der Waals surface area contributed by atoms with Gasteiger partial charge in [-0.05, 0) is 24.3 Å². The third-order valence-corrected chi connectivity index (χ3v) is 4.52. The van der Waals surface area contributed by atoms with Crippen molar-refractivity contribution in [3.63, 3.8) is 0 Å². The van der Waals surface area contributed by atoms with Gasteiger partial charge in [0.25, 0.3) is 10.0 Å². The number of hydrogen-bond donors (Lipinski definition) is 1. The van der Waals surface area contributed by atoms with E-state index >= 15 is 0 Å². The van der Waals surface area contributed by atoms with Crippen molar-refractivity contribution in [1.29, 1.82) is 0 Å². The second-order valence-corrected chi connectivity index (χ2v) is 5.81. The van der Waals surface area contributed by atoms with Crippen LogP contribution in [0, 0.1) is 0 Å². The molecule has 0 saturated carbocycles. The summed E-state index contributed by atoms with van der Waals surface area (Å²) in [5.41, 5.74) is 0.542. The highest BCUT2D eigenvalue weighted by molar-refractivity contribution is 7.92. The van der Waals surface area contributed by atoms with Gasteiger partial charge in [0.05, 0.1) is 23.7 Å². The fraction of sp³-hybridized carbons (Fsp3) is 0.143. The Balaban J connectivity index is 2.45. The van der Waals surface area contributed by atoms with Crippen LogP contribution in [0.5, 0.6) is 0 Å². The molecule has 0 aliphatic carbocycles. The van der Waals surface area contributed by atoms with E-state index in [1.165, 1.54) is 4.31 Å². The lowest BCUT2D eigenvalue weighted by atomic mass is 10.3. The minimum absolute atomic E-state index is 0.0290. The number of para-hydroxylation sites is 1. The molecule has 1 N–H and O–H groups in total. The molecule has 0 saturated heterocycles. The van der Waals surface area contributed by atoms with Gasteiger partial charge in [0.2, 0.25) is 0 Å². The highest BCUT2D eigenvalue weighted by Gasteiger charge is 2.23. The summed E-state index contributed by atoms with van der Waals surface area (Å²) >= 11 is 0. The molecular formula is C14H15NO3S. The van der Waals surface area contributed by atoms with Gasteiger partial charge in [-0.2, -0.15) is 0 Å². The number of anilines is 1. The molecule has 0 unspecified atom stereocenters. The van der Waals surface area contributed by atoms with E-state index in [-0.39, 0.29) is 18.0 Å². The first-order valence-electron chi connectivity index (χ1n) is 5.90. The Bertz CT molecular complexity index is 612. The molecule has 0 aliphatic rings. The van der Waals surface area contributed by atoms with Crippen LogP contribution in [0.2, 0.25) is 0 Å². The maximum atomic E-state index is 12.5. The van der Waals surface area contributed by atoms with E-state index in [2.05, 4.69) is 0 Å². The molecule has 0 fully saturated rings. The zero-order valence-electron chi connectivity index (χ0n) is 10.3. The largest absolute Gasteiger partial charge is 0.394 e. The van der Waals surface area contributed by atoms with Gasteiger partial charge in [-0.3, -0.25) is 4.31 Å². The Morgan fingerprint density at radius 1 is 0.895 bits per heavy atom. The number of nitrogens with zero attached hydrogens (tertiary/aromatic N) is 1. The van der Waals surface area contributed by atoms with E-state index in [9.17, 15) is 8.42 Å². The van der Waals surface area contributed by atoms with E-state index in [4.69, 9.17) is 5.11 Å². The summed E-state index contributed by atoms with van der Waals surface area (Å²) < 4.78 is 26.3. The van der Waals surface area contributed by atoms with E-state index in [0.717, 1.165) is 0 Å². The van der Waals surface area contributed by atoms with Crippen LogP contribution in [0.15, 0.2) is 65.6 Å². The number of aliphatic hydroxyl groups is 1. The van der Waals surface area contributed by atoms with Crippen LogP contribution in [0.25, 0.3) is 0 Å². The molecule has 19 heavy (non-hydrogen) atoms. The van der Waals surface area contributed by atoms with Crippen molar-refractivity contribution in [3.8, 4) is 0 Å². The molecule has 2 aromatic carbocycles. The van der Waals surface area contributed by atoms with Gasteiger partial charge in [0.1, 0.15) is 0 Å². The highest BCUT2D eigenvalue weighted by Crippen LogP contribution is 2.22. The fourth-order valence-corrected chi connectivity index (χ4v) is 3.27. The van der Waals surface area contributed by atoms with Crippen LogP contribution in [0.3, 0.4) is 0 Å². The fourth-order valence-electron chi connectivity index (χ4n) is 1.79. The maximum Gasteiger partial charge on any atom is 0.264 e. The van der Waals surface area contributed by atoms with Gasteiger partial charge < -0.3 is 5.11 Å². The number of aliphatic hydroxyl groups excluding tert-OH is 1. The molecule has 0 amide bonds. The lowest BCUT2D eigenvalue weighted by molar-refractivity contribution is 0.306. The first-order valence-corrected chi connectivity index (χ1v) is 7.34. The number of sulfonamides is 1. The molecule has 100 valence electrons. The summed E-state index contributed by atoms with van der Waals surface area (Å²) in [7, 11) is -3.64. The maximum absolute atomic E-state index is 12.5. The molecule has 0 aromatic heterocycles.